The summed E-state index contributed by atoms with van der Waals surface area (Å²) >= 11 is 1.58. The van der Waals surface area contributed by atoms with Crippen LogP contribution in [0.2, 0.25) is 0 Å². The molecule has 6 nitrogen and oxygen atoms in total. The Hall–Kier alpha value is -0.950. The van der Waals surface area contributed by atoms with Crippen LogP contribution in [0, 0.1) is 0 Å². The largest absolute Gasteiger partial charge is 0.444 e. The van der Waals surface area contributed by atoms with Crippen LogP contribution in [-0.2, 0) is 14.3 Å². The lowest BCUT2D eigenvalue weighted by atomic mass is 10.2. The normalized spacial score (nSPS) is 26.3. The first-order chi connectivity index (χ1) is 9.81. The Morgan fingerprint density at radius 1 is 1.29 bits per heavy atom. The van der Waals surface area contributed by atoms with E-state index in [4.69, 9.17) is 9.47 Å². The van der Waals surface area contributed by atoms with Crippen LogP contribution in [0.25, 0.3) is 0 Å². The van der Waals surface area contributed by atoms with Crippen LogP contribution in [-0.4, -0.2) is 71.4 Å². The average Bonchev–Trinajstić information content (AvgIpc) is 3.05. The molecule has 2 fully saturated rings. The highest BCUT2D eigenvalue weighted by atomic mass is 32.2. The van der Waals surface area contributed by atoms with Gasteiger partial charge in [0, 0.05) is 26.0 Å². The summed E-state index contributed by atoms with van der Waals surface area (Å²) in [6, 6.07) is -0.416. The Labute approximate surface area is 130 Å². The lowest BCUT2D eigenvalue weighted by Crippen LogP contribution is -2.49. The van der Waals surface area contributed by atoms with E-state index in [2.05, 4.69) is 0 Å². The van der Waals surface area contributed by atoms with Crippen molar-refractivity contribution in [1.29, 1.82) is 0 Å². The molecule has 2 atom stereocenters. The molecule has 0 radical (unpaired) electrons. The van der Waals surface area contributed by atoms with Crippen molar-refractivity contribution < 1.29 is 19.1 Å². The van der Waals surface area contributed by atoms with Crippen LogP contribution in [0.4, 0.5) is 4.79 Å². The van der Waals surface area contributed by atoms with Crippen LogP contribution < -0.4 is 0 Å². The van der Waals surface area contributed by atoms with Gasteiger partial charge in [-0.05, 0) is 27.2 Å². The van der Waals surface area contributed by atoms with Crippen molar-refractivity contribution in [2.24, 2.45) is 0 Å². The second-order valence-corrected chi connectivity index (χ2v) is 7.40. The van der Waals surface area contributed by atoms with Crippen molar-refractivity contribution in [2.45, 2.75) is 44.9 Å². The summed E-state index contributed by atoms with van der Waals surface area (Å²) in [5, 5.41) is 0. The standard InChI is InChI=1S/C14H24N2O4S/c1-14(2,3)20-13(18)16-9-21-8-11(16)12(17)15-6-5-10(7-15)19-4/h10-11H,5-9H2,1-4H3/t10-,11-/m0/s1. The monoisotopic (exact) mass is 316 g/mol. The molecule has 2 saturated heterocycles. The summed E-state index contributed by atoms with van der Waals surface area (Å²) in [5.74, 6) is 1.14. The van der Waals surface area contributed by atoms with Crippen LogP contribution in [0.15, 0.2) is 0 Å². The molecule has 0 aliphatic carbocycles. The number of thioether (sulfide) groups is 1. The van der Waals surface area contributed by atoms with Crippen molar-refractivity contribution in [2.75, 3.05) is 31.8 Å². The lowest BCUT2D eigenvalue weighted by Gasteiger charge is -2.29. The zero-order chi connectivity index (χ0) is 15.6. The van der Waals surface area contributed by atoms with Crippen LogP contribution >= 0.6 is 11.8 Å². The van der Waals surface area contributed by atoms with Crippen molar-refractivity contribution in [3.05, 3.63) is 0 Å². The van der Waals surface area contributed by atoms with E-state index in [0.29, 0.717) is 24.7 Å². The molecule has 21 heavy (non-hydrogen) atoms. The fourth-order valence-corrected chi connectivity index (χ4v) is 3.61. The summed E-state index contributed by atoms with van der Waals surface area (Å²) in [4.78, 5) is 28.1. The summed E-state index contributed by atoms with van der Waals surface area (Å²) in [6.07, 6.45) is 0.556. The van der Waals surface area contributed by atoms with E-state index in [-0.39, 0.29) is 12.0 Å². The highest BCUT2D eigenvalue weighted by Gasteiger charge is 2.40. The third kappa shape index (κ3) is 4.03. The van der Waals surface area contributed by atoms with Gasteiger partial charge in [0.25, 0.3) is 0 Å². The Balaban J connectivity index is 1.98. The van der Waals surface area contributed by atoms with Gasteiger partial charge in [-0.1, -0.05) is 0 Å². The number of likely N-dealkylation sites (tertiary alicyclic amines) is 1. The molecule has 7 heteroatoms. The minimum atomic E-state index is -0.549. The van der Waals surface area contributed by atoms with Gasteiger partial charge < -0.3 is 14.4 Å². The maximum absolute atomic E-state index is 12.6. The lowest BCUT2D eigenvalue weighted by molar-refractivity contribution is -0.134. The summed E-state index contributed by atoms with van der Waals surface area (Å²) in [5.41, 5.74) is -0.549. The zero-order valence-electron chi connectivity index (χ0n) is 13.1. The zero-order valence-corrected chi connectivity index (χ0v) is 13.9. The van der Waals surface area contributed by atoms with Crippen molar-refractivity contribution in [3.63, 3.8) is 0 Å². The van der Waals surface area contributed by atoms with Gasteiger partial charge in [-0.15, -0.1) is 11.8 Å². The van der Waals surface area contributed by atoms with Gasteiger partial charge in [0.2, 0.25) is 5.91 Å². The fourth-order valence-electron chi connectivity index (χ4n) is 2.48. The predicted octanol–water partition coefficient (Wildman–Crippen LogP) is 1.54. The highest BCUT2D eigenvalue weighted by Crippen LogP contribution is 2.26. The van der Waals surface area contributed by atoms with Crippen molar-refractivity contribution in [3.8, 4) is 0 Å². The SMILES string of the molecule is CO[C@H]1CCN(C(=O)[C@@H]2CSCN2C(=O)OC(C)(C)C)C1. The number of ether oxygens (including phenoxy) is 2. The molecule has 0 bridgehead atoms. The van der Waals surface area contributed by atoms with Crippen molar-refractivity contribution in [1.82, 2.24) is 9.80 Å². The van der Waals surface area contributed by atoms with E-state index in [0.717, 1.165) is 6.42 Å². The minimum Gasteiger partial charge on any atom is -0.444 e. The Morgan fingerprint density at radius 3 is 2.57 bits per heavy atom. The first-order valence-corrected chi connectivity index (χ1v) is 8.36. The summed E-state index contributed by atoms with van der Waals surface area (Å²) in [7, 11) is 1.66. The second-order valence-electron chi connectivity index (χ2n) is 6.40. The van der Waals surface area contributed by atoms with E-state index < -0.39 is 17.7 Å². The number of hydrogen-bond acceptors (Lipinski definition) is 5. The number of amides is 2. The van der Waals surface area contributed by atoms with Gasteiger partial charge in [0.1, 0.15) is 11.6 Å². The number of methoxy groups -OCH3 is 1. The fraction of sp³-hybridized carbons (Fsp3) is 0.857. The van der Waals surface area contributed by atoms with E-state index in [1.807, 2.05) is 20.8 Å². The maximum atomic E-state index is 12.6. The number of nitrogens with zero attached hydrogens (tertiary/aromatic N) is 2. The summed E-state index contributed by atoms with van der Waals surface area (Å²) in [6.45, 7) is 6.79. The first-order valence-electron chi connectivity index (χ1n) is 7.21. The second kappa shape index (κ2) is 6.44. The smallest absolute Gasteiger partial charge is 0.411 e. The molecule has 0 aromatic heterocycles. The molecule has 2 aliphatic heterocycles. The number of carbonyl (C=O) groups excluding carboxylic acids is 2. The van der Waals surface area contributed by atoms with E-state index in [9.17, 15) is 9.59 Å². The Bertz CT molecular complexity index is 410. The van der Waals surface area contributed by atoms with Gasteiger partial charge in [0.15, 0.2) is 0 Å². The van der Waals surface area contributed by atoms with Gasteiger partial charge in [-0.3, -0.25) is 9.69 Å². The molecular formula is C14H24N2O4S. The van der Waals surface area contributed by atoms with Crippen LogP contribution in [0.3, 0.4) is 0 Å². The minimum absolute atomic E-state index is 0.00501. The third-order valence-electron chi connectivity index (χ3n) is 3.59. The molecule has 0 unspecified atom stereocenters. The molecular weight excluding hydrogens is 292 g/mol. The third-order valence-corrected chi connectivity index (χ3v) is 4.60. The van der Waals surface area contributed by atoms with Gasteiger partial charge in [0.05, 0.1) is 12.0 Å². The Kier molecular flexibility index (Phi) is 5.03. The number of rotatable bonds is 2. The molecule has 2 heterocycles. The first kappa shape index (κ1) is 16.4. The van der Waals surface area contributed by atoms with Crippen molar-refractivity contribution >= 4 is 23.8 Å². The molecule has 2 rings (SSSR count). The molecule has 0 N–H and O–H groups in total. The van der Waals surface area contributed by atoms with E-state index in [1.54, 1.807) is 28.7 Å². The molecule has 0 aromatic carbocycles. The van der Waals surface area contributed by atoms with Crippen LogP contribution in [0.5, 0.6) is 0 Å². The topological polar surface area (TPSA) is 59.1 Å². The molecule has 0 saturated carbocycles. The molecule has 0 aromatic rings. The average molecular weight is 316 g/mol. The van der Waals surface area contributed by atoms with E-state index >= 15 is 0 Å². The van der Waals surface area contributed by atoms with Gasteiger partial charge in [-0.25, -0.2) is 4.79 Å². The predicted molar refractivity (Wildman–Crippen MR) is 81.2 cm³/mol. The molecule has 0 spiro atoms. The van der Waals surface area contributed by atoms with E-state index in [1.165, 1.54) is 0 Å². The maximum Gasteiger partial charge on any atom is 0.411 e. The molecule has 2 aliphatic rings. The molecule has 2 amide bonds. The quantitative estimate of drug-likeness (QED) is 0.773. The van der Waals surface area contributed by atoms with Gasteiger partial charge in [-0.2, -0.15) is 0 Å². The number of carbonyl (C=O) groups is 2. The van der Waals surface area contributed by atoms with Gasteiger partial charge >= 0.3 is 6.09 Å². The highest BCUT2D eigenvalue weighted by molar-refractivity contribution is 7.99. The summed E-state index contributed by atoms with van der Waals surface area (Å²) < 4.78 is 10.7. The van der Waals surface area contributed by atoms with Crippen LogP contribution in [0.1, 0.15) is 27.2 Å². The Morgan fingerprint density at radius 2 is 2.00 bits per heavy atom. The molecule has 120 valence electrons. The number of hydrogen-bond donors (Lipinski definition) is 0.